The molecule has 0 saturated carbocycles. The van der Waals surface area contributed by atoms with Gasteiger partial charge in [0.1, 0.15) is 16.5 Å². The number of rotatable bonds is 10. The molecule has 1 amide bonds. The Morgan fingerprint density at radius 3 is 2.46 bits per heavy atom. The highest BCUT2D eigenvalue weighted by molar-refractivity contribution is 7.87. The van der Waals surface area contributed by atoms with E-state index in [-0.39, 0.29) is 40.5 Å². The van der Waals surface area contributed by atoms with E-state index >= 15 is 0 Å². The lowest BCUT2D eigenvalue weighted by Crippen LogP contribution is -2.37. The molecule has 0 radical (unpaired) electrons. The van der Waals surface area contributed by atoms with Crippen molar-refractivity contribution in [2.45, 2.75) is 30.4 Å². The van der Waals surface area contributed by atoms with Crippen molar-refractivity contribution in [3.8, 4) is 17.2 Å². The van der Waals surface area contributed by atoms with Crippen LogP contribution in [0.15, 0.2) is 71.6 Å². The molecule has 1 aliphatic rings. The van der Waals surface area contributed by atoms with E-state index in [1.807, 2.05) is 0 Å². The molecule has 0 aliphatic carbocycles. The Balaban J connectivity index is 1.60. The second kappa shape index (κ2) is 11.6. The average molecular weight is 530 g/mol. The number of hydrogen-bond acceptors (Lipinski definition) is 7. The van der Waals surface area contributed by atoms with Crippen molar-refractivity contribution in [3.05, 3.63) is 83.7 Å². The van der Waals surface area contributed by atoms with Crippen LogP contribution in [0.3, 0.4) is 0 Å². The number of carbonyl (C=O) groups is 1. The first-order chi connectivity index (χ1) is 17.8. The number of benzene rings is 3. The SMILES string of the molecule is COc1ccc(S(=O)(=O)Oc2cc(CN(C[C@H]3CCCO3)C(=O)c3cccc(F)c3)ccc2OC)cc1. The second-order valence-electron chi connectivity index (χ2n) is 8.53. The van der Waals surface area contributed by atoms with Crippen molar-refractivity contribution in [2.24, 2.45) is 0 Å². The summed E-state index contributed by atoms with van der Waals surface area (Å²) in [6.07, 6.45) is 1.57. The van der Waals surface area contributed by atoms with E-state index < -0.39 is 15.9 Å². The molecule has 0 bridgehead atoms. The van der Waals surface area contributed by atoms with E-state index in [9.17, 15) is 17.6 Å². The summed E-state index contributed by atoms with van der Waals surface area (Å²) in [6.45, 7) is 1.05. The summed E-state index contributed by atoms with van der Waals surface area (Å²) in [4.78, 5) is 14.8. The van der Waals surface area contributed by atoms with Gasteiger partial charge in [-0.2, -0.15) is 8.42 Å². The molecule has 4 rings (SSSR count). The van der Waals surface area contributed by atoms with Gasteiger partial charge in [0.25, 0.3) is 5.91 Å². The van der Waals surface area contributed by atoms with Crippen LogP contribution in [0.5, 0.6) is 17.2 Å². The molecule has 0 aromatic heterocycles. The maximum atomic E-state index is 13.8. The van der Waals surface area contributed by atoms with Gasteiger partial charge in [0.15, 0.2) is 11.5 Å². The molecule has 8 nitrogen and oxygen atoms in total. The van der Waals surface area contributed by atoms with Crippen LogP contribution in [0.2, 0.25) is 0 Å². The highest BCUT2D eigenvalue weighted by Gasteiger charge is 2.25. The van der Waals surface area contributed by atoms with Crippen LogP contribution >= 0.6 is 0 Å². The number of ether oxygens (including phenoxy) is 3. The molecule has 1 saturated heterocycles. The van der Waals surface area contributed by atoms with Crippen LogP contribution < -0.4 is 13.7 Å². The number of amides is 1. The molecule has 10 heteroatoms. The van der Waals surface area contributed by atoms with Crippen LogP contribution in [-0.2, 0) is 21.4 Å². The van der Waals surface area contributed by atoms with Gasteiger partial charge < -0.3 is 23.3 Å². The predicted octanol–water partition coefficient (Wildman–Crippen LogP) is 4.43. The van der Waals surface area contributed by atoms with Crippen molar-refractivity contribution < 1.29 is 36.0 Å². The van der Waals surface area contributed by atoms with Crippen LogP contribution in [0, 0.1) is 5.82 Å². The number of methoxy groups -OCH3 is 2. The molecular weight excluding hydrogens is 501 g/mol. The predicted molar refractivity (Wildman–Crippen MR) is 134 cm³/mol. The molecule has 0 spiro atoms. The number of halogens is 1. The minimum atomic E-state index is -4.18. The highest BCUT2D eigenvalue weighted by Crippen LogP contribution is 2.32. The molecule has 3 aromatic carbocycles. The molecule has 196 valence electrons. The zero-order valence-corrected chi connectivity index (χ0v) is 21.4. The Morgan fingerprint density at radius 2 is 1.81 bits per heavy atom. The third kappa shape index (κ3) is 6.58. The number of nitrogens with zero attached hydrogens (tertiary/aromatic N) is 1. The number of hydrogen-bond donors (Lipinski definition) is 0. The normalized spacial score (nSPS) is 15.3. The van der Waals surface area contributed by atoms with Crippen molar-refractivity contribution in [3.63, 3.8) is 0 Å². The minimum Gasteiger partial charge on any atom is -0.497 e. The Hall–Kier alpha value is -3.63. The molecule has 1 aliphatic heterocycles. The third-order valence-corrected chi connectivity index (χ3v) is 7.20. The summed E-state index contributed by atoms with van der Waals surface area (Å²) < 4.78 is 61.2. The largest absolute Gasteiger partial charge is 0.497 e. The van der Waals surface area contributed by atoms with E-state index in [0.717, 1.165) is 12.8 Å². The highest BCUT2D eigenvalue weighted by atomic mass is 32.2. The first kappa shape index (κ1) is 26.4. The Morgan fingerprint density at radius 1 is 1.03 bits per heavy atom. The topological polar surface area (TPSA) is 91.4 Å². The van der Waals surface area contributed by atoms with Gasteiger partial charge in [-0.1, -0.05) is 12.1 Å². The van der Waals surface area contributed by atoms with Gasteiger partial charge in [-0.25, -0.2) is 4.39 Å². The smallest absolute Gasteiger partial charge is 0.339 e. The van der Waals surface area contributed by atoms with E-state index in [1.165, 1.54) is 62.8 Å². The molecule has 0 N–H and O–H groups in total. The number of carbonyl (C=O) groups excluding carboxylic acids is 1. The van der Waals surface area contributed by atoms with E-state index in [0.29, 0.717) is 24.5 Å². The van der Waals surface area contributed by atoms with Gasteiger partial charge in [0.05, 0.1) is 20.3 Å². The lowest BCUT2D eigenvalue weighted by atomic mass is 10.1. The quantitative estimate of drug-likeness (QED) is 0.359. The van der Waals surface area contributed by atoms with E-state index in [2.05, 4.69) is 0 Å². The molecule has 0 unspecified atom stereocenters. The summed E-state index contributed by atoms with van der Waals surface area (Å²) in [5, 5.41) is 0. The molecule has 1 heterocycles. The lowest BCUT2D eigenvalue weighted by Gasteiger charge is -2.26. The second-order valence-corrected chi connectivity index (χ2v) is 10.1. The standard InChI is InChI=1S/C27H28FNO7S/c1-33-22-9-11-24(12-10-22)37(31,32)36-26-15-19(8-13-25(26)34-2)17-29(18-23-7-4-14-35-23)27(30)20-5-3-6-21(28)16-20/h3,5-6,8-13,15-16,23H,4,7,14,17-18H2,1-2H3/t23-/m1/s1. The average Bonchev–Trinajstić information content (AvgIpc) is 3.41. The zero-order valence-electron chi connectivity index (χ0n) is 20.6. The van der Waals surface area contributed by atoms with Crippen molar-refractivity contribution in [2.75, 3.05) is 27.4 Å². The summed E-state index contributed by atoms with van der Waals surface area (Å²) >= 11 is 0. The lowest BCUT2D eigenvalue weighted by molar-refractivity contribution is 0.0507. The fourth-order valence-electron chi connectivity index (χ4n) is 4.07. The van der Waals surface area contributed by atoms with Crippen LogP contribution in [-0.4, -0.2) is 52.7 Å². The van der Waals surface area contributed by atoms with Gasteiger partial charge in [-0.05, 0) is 73.0 Å². The Labute approximate surface area is 215 Å². The van der Waals surface area contributed by atoms with Gasteiger partial charge in [-0.15, -0.1) is 0 Å². The fraction of sp³-hybridized carbons (Fsp3) is 0.296. The van der Waals surface area contributed by atoms with E-state index in [4.69, 9.17) is 18.4 Å². The van der Waals surface area contributed by atoms with Crippen LogP contribution in [0.1, 0.15) is 28.8 Å². The Bertz CT molecular complexity index is 1340. The van der Waals surface area contributed by atoms with Crippen LogP contribution in [0.25, 0.3) is 0 Å². The first-order valence-electron chi connectivity index (χ1n) is 11.7. The van der Waals surface area contributed by atoms with Crippen LogP contribution in [0.4, 0.5) is 4.39 Å². The molecule has 3 aromatic rings. The van der Waals surface area contributed by atoms with Crippen molar-refractivity contribution >= 4 is 16.0 Å². The summed E-state index contributed by atoms with van der Waals surface area (Å²) in [6, 6.07) is 16.1. The summed E-state index contributed by atoms with van der Waals surface area (Å²) in [7, 11) is -1.29. The summed E-state index contributed by atoms with van der Waals surface area (Å²) in [5.74, 6) is -0.173. The van der Waals surface area contributed by atoms with Gasteiger partial charge in [-0.3, -0.25) is 4.79 Å². The van der Waals surface area contributed by atoms with Gasteiger partial charge in [0, 0.05) is 25.3 Å². The third-order valence-electron chi connectivity index (χ3n) is 5.96. The van der Waals surface area contributed by atoms with Crippen molar-refractivity contribution in [1.82, 2.24) is 4.90 Å². The molecule has 37 heavy (non-hydrogen) atoms. The molecule has 1 fully saturated rings. The first-order valence-corrected chi connectivity index (χ1v) is 13.1. The van der Waals surface area contributed by atoms with Gasteiger partial charge >= 0.3 is 10.1 Å². The maximum absolute atomic E-state index is 13.8. The molecular formula is C27H28FNO7S. The fourth-order valence-corrected chi connectivity index (χ4v) is 5.00. The monoisotopic (exact) mass is 529 g/mol. The zero-order chi connectivity index (χ0) is 26.4. The minimum absolute atomic E-state index is 0.0221. The summed E-state index contributed by atoms with van der Waals surface area (Å²) in [5.41, 5.74) is 0.813. The maximum Gasteiger partial charge on any atom is 0.339 e. The van der Waals surface area contributed by atoms with Crippen molar-refractivity contribution in [1.29, 1.82) is 0 Å². The molecule has 1 atom stereocenters. The van der Waals surface area contributed by atoms with Gasteiger partial charge in [0.2, 0.25) is 0 Å². The Kier molecular flexibility index (Phi) is 8.30. The van der Waals surface area contributed by atoms with E-state index in [1.54, 1.807) is 23.1 Å².